The minimum absolute atomic E-state index is 0.0972. The number of aromatic nitrogens is 4. The Morgan fingerprint density at radius 2 is 2.12 bits per heavy atom. The molecule has 3 heterocycles. The van der Waals surface area contributed by atoms with Crippen LogP contribution < -0.4 is 5.56 Å². The molecule has 0 spiro atoms. The van der Waals surface area contributed by atoms with Crippen molar-refractivity contribution < 1.29 is 0 Å². The summed E-state index contributed by atoms with van der Waals surface area (Å²) in [6, 6.07) is 9.76. The number of nitrogens with zero attached hydrogens (tertiary/aromatic N) is 5. The van der Waals surface area contributed by atoms with Gasteiger partial charge in [-0.3, -0.25) is 9.69 Å². The largest absolute Gasteiger partial charge is 0.306 e. The number of rotatable bonds is 3. The first kappa shape index (κ1) is 16.1. The number of fused-ring (bicyclic) bond motifs is 1. The van der Waals surface area contributed by atoms with Crippen LogP contribution >= 0.6 is 0 Å². The molecule has 26 heavy (non-hydrogen) atoms. The van der Waals surface area contributed by atoms with E-state index in [0.29, 0.717) is 36.5 Å². The molecule has 1 aliphatic heterocycles. The lowest BCUT2D eigenvalue weighted by atomic mass is 10.0. The lowest BCUT2D eigenvalue weighted by Gasteiger charge is -2.27. The molecule has 0 fully saturated rings. The van der Waals surface area contributed by atoms with E-state index in [1.165, 1.54) is 6.33 Å². The van der Waals surface area contributed by atoms with Gasteiger partial charge in [0.1, 0.15) is 12.2 Å². The van der Waals surface area contributed by atoms with Crippen LogP contribution in [-0.2, 0) is 19.5 Å². The summed E-state index contributed by atoms with van der Waals surface area (Å²) < 4.78 is 0. The highest BCUT2D eigenvalue weighted by molar-refractivity contribution is 5.52. The summed E-state index contributed by atoms with van der Waals surface area (Å²) in [6.07, 6.45) is 5.36. The van der Waals surface area contributed by atoms with Gasteiger partial charge in [-0.15, -0.1) is 0 Å². The molecule has 0 saturated carbocycles. The van der Waals surface area contributed by atoms with Crippen LogP contribution in [0.4, 0.5) is 0 Å². The zero-order chi connectivity index (χ0) is 17.9. The second-order valence-corrected chi connectivity index (χ2v) is 6.24. The summed E-state index contributed by atoms with van der Waals surface area (Å²) >= 11 is 0. The molecule has 7 heteroatoms. The van der Waals surface area contributed by atoms with E-state index in [-0.39, 0.29) is 5.56 Å². The lowest BCUT2D eigenvalue weighted by molar-refractivity contribution is 0.240. The van der Waals surface area contributed by atoms with Gasteiger partial charge < -0.3 is 4.98 Å². The zero-order valence-electron chi connectivity index (χ0n) is 14.0. The van der Waals surface area contributed by atoms with Crippen molar-refractivity contribution in [1.82, 2.24) is 24.8 Å². The molecule has 128 valence electrons. The minimum Gasteiger partial charge on any atom is -0.306 e. The summed E-state index contributed by atoms with van der Waals surface area (Å²) in [4.78, 5) is 30.1. The van der Waals surface area contributed by atoms with E-state index in [1.807, 2.05) is 18.2 Å². The molecule has 0 saturated heterocycles. The number of benzene rings is 1. The van der Waals surface area contributed by atoms with Crippen LogP contribution in [-0.4, -0.2) is 31.4 Å². The second kappa shape index (κ2) is 6.86. The van der Waals surface area contributed by atoms with Gasteiger partial charge in [0.05, 0.1) is 22.9 Å². The van der Waals surface area contributed by atoms with Gasteiger partial charge in [0.25, 0.3) is 5.56 Å². The fourth-order valence-corrected chi connectivity index (χ4v) is 3.18. The highest BCUT2D eigenvalue weighted by Crippen LogP contribution is 2.19. The summed E-state index contributed by atoms with van der Waals surface area (Å²) in [6.45, 7) is 2.09. The van der Waals surface area contributed by atoms with Crippen molar-refractivity contribution in [1.29, 1.82) is 5.26 Å². The standard InChI is InChI=1S/C19H16N6O/c20-7-13-2-1-3-14(6-13)10-25-5-4-16-17(11-25)23-18(24-19(16)26)15-8-21-12-22-9-15/h1-3,6,8-9,12H,4-5,10-11H2,(H,23,24,26). The van der Waals surface area contributed by atoms with E-state index in [2.05, 4.69) is 30.9 Å². The van der Waals surface area contributed by atoms with Gasteiger partial charge >= 0.3 is 0 Å². The molecule has 0 atom stereocenters. The smallest absolute Gasteiger partial charge is 0.254 e. The van der Waals surface area contributed by atoms with Gasteiger partial charge in [-0.05, 0) is 24.1 Å². The molecule has 0 bridgehead atoms. The van der Waals surface area contributed by atoms with E-state index < -0.39 is 0 Å². The Bertz CT molecular complexity index is 1040. The molecule has 7 nitrogen and oxygen atoms in total. The SMILES string of the molecule is N#Cc1cccc(CN2CCc3c(nc(-c4cncnc4)[nH]c3=O)C2)c1. The Hall–Kier alpha value is -3.37. The molecule has 1 N–H and O–H groups in total. The maximum atomic E-state index is 12.4. The molecule has 2 aromatic heterocycles. The summed E-state index contributed by atoms with van der Waals surface area (Å²) in [5.41, 5.74) is 3.85. The van der Waals surface area contributed by atoms with E-state index in [4.69, 9.17) is 5.26 Å². The van der Waals surface area contributed by atoms with Crippen LogP contribution in [0, 0.1) is 11.3 Å². The van der Waals surface area contributed by atoms with E-state index in [1.54, 1.807) is 18.5 Å². The molecule has 0 unspecified atom stereocenters. The van der Waals surface area contributed by atoms with Gasteiger partial charge in [0.2, 0.25) is 0 Å². The fraction of sp³-hybridized carbons (Fsp3) is 0.211. The highest BCUT2D eigenvalue weighted by Gasteiger charge is 2.21. The monoisotopic (exact) mass is 344 g/mol. The highest BCUT2D eigenvalue weighted by atomic mass is 16.1. The fourth-order valence-electron chi connectivity index (χ4n) is 3.18. The maximum absolute atomic E-state index is 12.4. The molecule has 3 aromatic rings. The number of aromatic amines is 1. The van der Waals surface area contributed by atoms with E-state index in [9.17, 15) is 4.79 Å². The van der Waals surface area contributed by atoms with Gasteiger partial charge in [0, 0.05) is 37.6 Å². The van der Waals surface area contributed by atoms with Gasteiger partial charge in [-0.2, -0.15) is 5.26 Å². The van der Waals surface area contributed by atoms with Crippen LogP contribution in [0.15, 0.2) is 47.8 Å². The topological polar surface area (TPSA) is 98.6 Å². The van der Waals surface area contributed by atoms with Crippen molar-refractivity contribution in [3.63, 3.8) is 0 Å². The van der Waals surface area contributed by atoms with Crippen LogP contribution in [0.3, 0.4) is 0 Å². The van der Waals surface area contributed by atoms with Crippen LogP contribution in [0.2, 0.25) is 0 Å². The predicted molar refractivity (Wildman–Crippen MR) is 94.9 cm³/mol. The van der Waals surface area contributed by atoms with Gasteiger partial charge in [-0.25, -0.2) is 15.0 Å². The normalized spacial score (nSPS) is 13.8. The van der Waals surface area contributed by atoms with Gasteiger partial charge in [0.15, 0.2) is 0 Å². The molecule has 1 aliphatic rings. The first-order valence-electron chi connectivity index (χ1n) is 8.32. The number of hydrogen-bond acceptors (Lipinski definition) is 6. The molecule has 0 amide bonds. The minimum atomic E-state index is -0.0972. The van der Waals surface area contributed by atoms with Crippen molar-refractivity contribution in [3.8, 4) is 17.5 Å². The van der Waals surface area contributed by atoms with Crippen molar-refractivity contribution >= 4 is 0 Å². The Morgan fingerprint density at radius 3 is 2.92 bits per heavy atom. The number of hydrogen-bond donors (Lipinski definition) is 1. The summed E-state index contributed by atoms with van der Waals surface area (Å²) in [7, 11) is 0. The average molecular weight is 344 g/mol. The maximum Gasteiger partial charge on any atom is 0.254 e. The van der Waals surface area contributed by atoms with Crippen molar-refractivity contribution in [2.45, 2.75) is 19.5 Å². The Kier molecular flexibility index (Phi) is 4.25. The first-order valence-corrected chi connectivity index (χ1v) is 8.32. The third kappa shape index (κ3) is 3.23. The number of H-pyrrole nitrogens is 1. The van der Waals surface area contributed by atoms with Crippen molar-refractivity contribution in [2.24, 2.45) is 0 Å². The summed E-state index contributed by atoms with van der Waals surface area (Å²) in [5.74, 6) is 0.489. The Balaban J connectivity index is 1.60. The molecular weight excluding hydrogens is 328 g/mol. The van der Waals surface area contributed by atoms with Gasteiger partial charge in [-0.1, -0.05) is 12.1 Å². The molecule has 0 aliphatic carbocycles. The predicted octanol–water partition coefficient (Wildman–Crippen LogP) is 1.66. The van der Waals surface area contributed by atoms with E-state index >= 15 is 0 Å². The van der Waals surface area contributed by atoms with Crippen LogP contribution in [0.25, 0.3) is 11.4 Å². The van der Waals surface area contributed by atoms with Crippen molar-refractivity contribution in [3.05, 3.63) is 75.7 Å². The number of nitriles is 1. The zero-order valence-corrected chi connectivity index (χ0v) is 14.0. The van der Waals surface area contributed by atoms with Crippen LogP contribution in [0.5, 0.6) is 0 Å². The third-order valence-corrected chi connectivity index (χ3v) is 4.45. The summed E-state index contributed by atoms with van der Waals surface area (Å²) in [5, 5.41) is 9.05. The van der Waals surface area contributed by atoms with E-state index in [0.717, 1.165) is 23.4 Å². The Morgan fingerprint density at radius 1 is 1.27 bits per heavy atom. The third-order valence-electron chi connectivity index (χ3n) is 4.45. The van der Waals surface area contributed by atoms with Crippen LogP contribution in [0.1, 0.15) is 22.4 Å². The Labute approximate surface area is 150 Å². The quantitative estimate of drug-likeness (QED) is 0.776. The molecular formula is C19H16N6O. The molecule has 1 aromatic carbocycles. The number of nitrogens with one attached hydrogen (secondary N) is 1. The van der Waals surface area contributed by atoms with Crippen molar-refractivity contribution in [2.75, 3.05) is 6.54 Å². The first-order chi connectivity index (χ1) is 12.7. The molecule has 0 radical (unpaired) electrons. The average Bonchev–Trinajstić information content (AvgIpc) is 2.68. The second-order valence-electron chi connectivity index (χ2n) is 6.24. The lowest BCUT2D eigenvalue weighted by Crippen LogP contribution is -2.35. The molecule has 4 rings (SSSR count).